The number of piperidine rings is 1. The number of hydrogen-bond acceptors (Lipinski definition) is 8. The summed E-state index contributed by atoms with van der Waals surface area (Å²) >= 11 is 0. The first-order valence-electron chi connectivity index (χ1n) is 34.2. The van der Waals surface area contributed by atoms with Crippen LogP contribution in [0.1, 0.15) is 319 Å². The molecular weight excluding hydrogens is 977 g/mol. The second kappa shape index (κ2) is 58.6. The van der Waals surface area contributed by atoms with Gasteiger partial charge in [0.05, 0.1) is 19.3 Å². The number of esters is 2. The average Bonchev–Trinajstić information content (AvgIpc) is 4.33. The second-order valence-corrected chi connectivity index (χ2v) is 23.0. The van der Waals surface area contributed by atoms with Crippen LogP contribution < -0.4 is 0 Å². The maximum Gasteiger partial charge on any atom is 0.305 e. The highest BCUT2D eigenvalue weighted by Crippen LogP contribution is 2.39. The van der Waals surface area contributed by atoms with Crippen molar-refractivity contribution < 1.29 is 28.5 Å². The zero-order chi connectivity index (χ0) is 58.0. The zero-order valence-corrected chi connectivity index (χ0v) is 53.7. The van der Waals surface area contributed by atoms with E-state index in [0.717, 1.165) is 90.6 Å². The molecule has 0 aromatic carbocycles. The number of carbonyl (C=O) groups excluding carboxylic acids is 2. The van der Waals surface area contributed by atoms with Crippen LogP contribution in [-0.2, 0) is 28.5 Å². The molecule has 3 rings (SSSR count). The van der Waals surface area contributed by atoms with Crippen molar-refractivity contribution in [3.63, 3.8) is 0 Å². The van der Waals surface area contributed by atoms with E-state index in [9.17, 15) is 9.59 Å². The lowest BCUT2D eigenvalue weighted by Crippen LogP contribution is -2.42. The van der Waals surface area contributed by atoms with Crippen molar-refractivity contribution in [2.45, 2.75) is 331 Å². The number of carbonyl (C=O) groups is 2. The third kappa shape index (κ3) is 48.6. The number of hydrogen-bond donors (Lipinski definition) is 0. The molecule has 461 valence electrons. The van der Waals surface area contributed by atoms with E-state index in [0.29, 0.717) is 39.1 Å². The van der Waals surface area contributed by atoms with E-state index < -0.39 is 0 Å². The maximum absolute atomic E-state index is 12.9. The van der Waals surface area contributed by atoms with Gasteiger partial charge in [-0.1, -0.05) is 259 Å². The first kappa shape index (κ1) is 76.4. The summed E-state index contributed by atoms with van der Waals surface area (Å²) in [5.41, 5.74) is 1.18. The molecule has 8 heteroatoms. The van der Waals surface area contributed by atoms with Crippen molar-refractivity contribution >= 4 is 11.9 Å². The molecule has 1 fully saturated rings. The molecule has 1 aliphatic carbocycles. The van der Waals surface area contributed by atoms with Crippen LogP contribution in [0.4, 0.5) is 0 Å². The van der Waals surface area contributed by atoms with E-state index in [-0.39, 0.29) is 36.0 Å². The Bertz CT molecular complexity index is 1420. The van der Waals surface area contributed by atoms with Crippen molar-refractivity contribution in [3.05, 3.63) is 42.6 Å². The Hall–Kier alpha value is -2.60. The third-order valence-corrected chi connectivity index (χ3v) is 15.9. The van der Waals surface area contributed by atoms with Gasteiger partial charge in [-0.25, -0.2) is 0 Å². The second-order valence-electron chi connectivity index (χ2n) is 23.0. The van der Waals surface area contributed by atoms with Gasteiger partial charge in [0.2, 0.25) is 0 Å². The number of nitrogens with zero attached hydrogens (tertiary/aromatic N) is 2. The molecule has 2 heterocycles. The number of ether oxygens (including phenoxy) is 4. The molecule has 2 atom stereocenters. The van der Waals surface area contributed by atoms with Crippen LogP contribution in [0.15, 0.2) is 36.2 Å². The fourth-order valence-electron chi connectivity index (χ4n) is 10.4. The number of rotatable bonds is 50. The van der Waals surface area contributed by atoms with Gasteiger partial charge in [0.15, 0.2) is 0 Å². The fraction of sp³-hybridized carbons (Fsp3) is 0.845. The molecule has 1 radical (unpaired) electrons. The van der Waals surface area contributed by atoms with Gasteiger partial charge in [0.25, 0.3) is 0 Å². The maximum atomic E-state index is 12.9. The lowest BCUT2D eigenvalue weighted by atomic mass is 9.73. The quantitative estimate of drug-likeness (QED) is 0.0339. The van der Waals surface area contributed by atoms with Gasteiger partial charge < -0.3 is 28.7 Å². The van der Waals surface area contributed by atoms with Crippen LogP contribution in [-0.4, -0.2) is 86.6 Å². The third-order valence-electron chi connectivity index (χ3n) is 15.9. The van der Waals surface area contributed by atoms with Crippen LogP contribution >= 0.6 is 0 Å². The van der Waals surface area contributed by atoms with Gasteiger partial charge in [-0.05, 0) is 114 Å². The van der Waals surface area contributed by atoms with E-state index in [2.05, 4.69) is 94.3 Å². The highest BCUT2D eigenvalue weighted by atomic mass is 16.5. The smallest absolute Gasteiger partial charge is 0.305 e. The van der Waals surface area contributed by atoms with Crippen molar-refractivity contribution in [1.29, 1.82) is 0 Å². The first-order valence-corrected chi connectivity index (χ1v) is 34.2. The zero-order valence-electron chi connectivity index (χ0n) is 53.7. The van der Waals surface area contributed by atoms with E-state index >= 15 is 0 Å². The largest absolute Gasteiger partial charge is 0.466 e. The summed E-state index contributed by atoms with van der Waals surface area (Å²) in [5.74, 6) is 2.33. The molecule has 0 saturated carbocycles. The lowest BCUT2D eigenvalue weighted by molar-refractivity contribution is -0.146. The number of unbranched alkanes of at least 4 members (excludes halogenated alkanes) is 27. The van der Waals surface area contributed by atoms with Crippen LogP contribution in [0.25, 0.3) is 0 Å². The Balaban J connectivity index is 0.00000231. The minimum Gasteiger partial charge on any atom is -0.466 e. The minimum atomic E-state index is -0.359. The van der Waals surface area contributed by atoms with E-state index in [1.807, 2.05) is 13.8 Å². The molecular formula is C71H131N2O6. The van der Waals surface area contributed by atoms with Crippen molar-refractivity contribution in [2.24, 2.45) is 5.41 Å². The monoisotopic (exact) mass is 1110 g/mol. The Morgan fingerprint density at radius 1 is 0.519 bits per heavy atom. The van der Waals surface area contributed by atoms with Crippen LogP contribution in [0.5, 0.6) is 0 Å². The molecule has 2 unspecified atom stereocenters. The lowest BCUT2D eigenvalue weighted by Gasteiger charge is -2.42. The number of terminal acetylenes is 1. The van der Waals surface area contributed by atoms with Crippen LogP contribution in [0, 0.1) is 24.2 Å². The Morgan fingerprint density at radius 2 is 0.899 bits per heavy atom. The van der Waals surface area contributed by atoms with E-state index in [1.54, 1.807) is 0 Å². The Morgan fingerprint density at radius 3 is 1.30 bits per heavy atom. The molecule has 0 aromatic rings. The van der Waals surface area contributed by atoms with Crippen LogP contribution in [0.2, 0.25) is 0 Å². The molecule has 1 saturated heterocycles. The summed E-state index contributed by atoms with van der Waals surface area (Å²) in [6, 6.07) is 0. The van der Waals surface area contributed by atoms with Gasteiger partial charge in [0.1, 0.15) is 6.10 Å². The summed E-state index contributed by atoms with van der Waals surface area (Å²) in [7, 11) is 0. The average molecular weight is 1110 g/mol. The molecule has 2 aliphatic heterocycles. The van der Waals surface area contributed by atoms with Crippen molar-refractivity contribution in [1.82, 2.24) is 9.80 Å². The Labute approximate surface area is 492 Å². The molecule has 3 aliphatic rings. The molecule has 79 heavy (non-hydrogen) atoms. The molecule has 0 N–H and O–H groups in total. The fourth-order valence-corrected chi connectivity index (χ4v) is 10.4. The van der Waals surface area contributed by atoms with Gasteiger partial charge >= 0.3 is 11.9 Å². The molecule has 8 nitrogen and oxygen atoms in total. The molecule has 0 bridgehead atoms. The molecule has 0 amide bonds. The van der Waals surface area contributed by atoms with Gasteiger partial charge in [-0.2, -0.15) is 0 Å². The number of likely N-dealkylation sites (tertiary alicyclic amines) is 1. The van der Waals surface area contributed by atoms with Gasteiger partial charge in [-0.15, -0.1) is 6.42 Å². The topological polar surface area (TPSA) is 77.5 Å². The van der Waals surface area contributed by atoms with Crippen molar-refractivity contribution in [2.75, 3.05) is 52.6 Å². The predicted molar refractivity (Wildman–Crippen MR) is 341 cm³/mol. The SMILES string of the molecule is C#CC(CCC(=O)OCCC1(CCOC(=O)CCC(OCCCCCCCCC)C2=C[CH]2)CCN(CCCCN2C=CCC=C2)CC1)OCCCCCCCCC.CC.CCCCCCCCCC.CCCCCCCCCC. The minimum absolute atomic E-state index is 0.0108. The van der Waals surface area contributed by atoms with Gasteiger partial charge in [-0.3, -0.25) is 9.59 Å². The van der Waals surface area contributed by atoms with E-state index in [1.165, 1.54) is 185 Å². The highest BCUT2D eigenvalue weighted by Gasteiger charge is 2.35. The van der Waals surface area contributed by atoms with Crippen LogP contribution in [0.3, 0.4) is 0 Å². The number of allylic oxidation sites excluding steroid dienone is 3. The van der Waals surface area contributed by atoms with Crippen molar-refractivity contribution in [3.8, 4) is 12.3 Å². The van der Waals surface area contributed by atoms with Gasteiger partial charge in [0, 0.05) is 39.0 Å². The summed E-state index contributed by atoms with van der Waals surface area (Å²) in [5, 5.41) is 0. The summed E-state index contributed by atoms with van der Waals surface area (Å²) in [4.78, 5) is 30.6. The molecule has 0 aromatic heterocycles. The molecule has 0 spiro atoms. The summed E-state index contributed by atoms with van der Waals surface area (Å²) < 4.78 is 23.7. The Kier molecular flexibility index (Phi) is 56.7. The first-order chi connectivity index (χ1) is 38.8. The highest BCUT2D eigenvalue weighted by molar-refractivity contribution is 5.69. The standard InChI is InChI=1S/C49H81N2O6.2C10H22.C2H6/c1-4-7-9-11-13-15-22-40-54-45(6-3)26-28-47(52)56-42-32-49(30-38-51(39-31-49)37-21-20-36-50-34-18-17-19-35-50)33-43-57-48(53)29-27-46(44-24-25-44)55-41-23-16-14-12-10-8-5-2;2*1-3-5-7-9-10-8-6-4-2;1-2/h3,18-19,24-25,34-35,45-46H,4-5,7-17,20-23,26-33,36-43H2,1-2H3;2*3-10H2,1-2H3;1-2H3. The normalized spacial score (nSPS) is 15.1. The summed E-state index contributed by atoms with van der Waals surface area (Å²) in [6.07, 6.45) is 67.2. The van der Waals surface area contributed by atoms with E-state index in [4.69, 9.17) is 25.4 Å². The summed E-state index contributed by atoms with van der Waals surface area (Å²) in [6.45, 7) is 23.9. The predicted octanol–water partition coefficient (Wildman–Crippen LogP) is 20.4.